The summed E-state index contributed by atoms with van der Waals surface area (Å²) >= 11 is 1.73. The fraction of sp³-hybridized carbons (Fsp3) is 0.476. The van der Waals surface area contributed by atoms with Crippen molar-refractivity contribution in [2.75, 3.05) is 30.4 Å². The van der Waals surface area contributed by atoms with Crippen molar-refractivity contribution in [2.24, 2.45) is 0 Å². The highest BCUT2D eigenvalue weighted by molar-refractivity contribution is 7.12. The fourth-order valence-electron chi connectivity index (χ4n) is 3.48. The van der Waals surface area contributed by atoms with Crippen LogP contribution in [0.1, 0.15) is 36.6 Å². The molecule has 146 valence electrons. The van der Waals surface area contributed by atoms with Gasteiger partial charge in [-0.3, -0.25) is 0 Å². The Labute approximate surface area is 165 Å². The third kappa shape index (κ3) is 4.62. The van der Waals surface area contributed by atoms with Gasteiger partial charge in [-0.15, -0.1) is 11.3 Å². The van der Waals surface area contributed by atoms with Gasteiger partial charge in [-0.25, -0.2) is 4.79 Å². The summed E-state index contributed by atoms with van der Waals surface area (Å²) in [5.74, 6) is 0. The maximum absolute atomic E-state index is 12.9. The minimum atomic E-state index is -0.102. The molecule has 0 radical (unpaired) electrons. The van der Waals surface area contributed by atoms with Crippen molar-refractivity contribution >= 4 is 28.7 Å². The average molecular weight is 388 g/mol. The Hall–Kier alpha value is -2.05. The fourth-order valence-corrected chi connectivity index (χ4v) is 4.45. The van der Waals surface area contributed by atoms with E-state index in [0.29, 0.717) is 0 Å². The van der Waals surface area contributed by atoms with Crippen LogP contribution in [0.2, 0.25) is 0 Å². The van der Waals surface area contributed by atoms with Crippen LogP contribution in [0.3, 0.4) is 0 Å². The van der Waals surface area contributed by atoms with Crippen molar-refractivity contribution in [3.63, 3.8) is 0 Å². The molecule has 2 heterocycles. The average Bonchev–Trinajstić information content (AvgIpc) is 3.06. The van der Waals surface area contributed by atoms with Crippen molar-refractivity contribution in [3.05, 3.63) is 46.2 Å². The molecule has 3 atom stereocenters. The van der Waals surface area contributed by atoms with Gasteiger partial charge >= 0.3 is 6.03 Å². The van der Waals surface area contributed by atoms with Gasteiger partial charge in [-0.2, -0.15) is 0 Å². The zero-order chi connectivity index (χ0) is 19.6. The minimum Gasteiger partial charge on any atom is -0.372 e. The van der Waals surface area contributed by atoms with Crippen LogP contribution < -0.4 is 10.2 Å². The Morgan fingerprint density at radius 3 is 2.52 bits per heavy atom. The summed E-state index contributed by atoms with van der Waals surface area (Å²) in [6.45, 7) is 9.95. The van der Waals surface area contributed by atoms with E-state index in [-0.39, 0.29) is 24.3 Å². The molecule has 6 heteroatoms. The second-order valence-electron chi connectivity index (χ2n) is 7.34. The number of nitrogens with zero attached hydrogens (tertiary/aromatic N) is 2. The smallest absolute Gasteiger partial charge is 0.322 e. The molecule has 0 saturated carbocycles. The summed E-state index contributed by atoms with van der Waals surface area (Å²) in [6.07, 6.45) is 0.338. The Bertz CT molecular complexity index is 781. The normalized spacial score (nSPS) is 21.0. The van der Waals surface area contributed by atoms with E-state index in [2.05, 4.69) is 56.1 Å². The molecule has 1 fully saturated rings. The molecule has 0 unspecified atom stereocenters. The van der Waals surface area contributed by atoms with E-state index in [1.807, 2.05) is 25.2 Å². The largest absolute Gasteiger partial charge is 0.372 e. The van der Waals surface area contributed by atoms with Crippen LogP contribution in [-0.2, 0) is 4.74 Å². The Kier molecular flexibility index (Phi) is 6.07. The van der Waals surface area contributed by atoms with E-state index >= 15 is 0 Å². The Balaban J connectivity index is 1.74. The first kappa shape index (κ1) is 19.7. The predicted octanol–water partition coefficient (Wildman–Crippen LogP) is 4.90. The van der Waals surface area contributed by atoms with Crippen molar-refractivity contribution < 1.29 is 9.53 Å². The first-order valence-electron chi connectivity index (χ1n) is 9.44. The van der Waals surface area contributed by atoms with Gasteiger partial charge in [0, 0.05) is 29.9 Å². The van der Waals surface area contributed by atoms with Crippen LogP contribution in [0, 0.1) is 6.92 Å². The van der Waals surface area contributed by atoms with Crippen molar-refractivity contribution in [1.82, 2.24) is 4.90 Å². The van der Waals surface area contributed by atoms with Crippen LogP contribution >= 0.6 is 11.3 Å². The molecule has 0 bridgehead atoms. The van der Waals surface area contributed by atoms with E-state index in [9.17, 15) is 4.79 Å². The number of carbonyl (C=O) groups is 1. The number of ether oxygens (including phenoxy) is 1. The van der Waals surface area contributed by atoms with Crippen LogP contribution in [0.4, 0.5) is 16.2 Å². The lowest BCUT2D eigenvalue weighted by atomic mass is 10.1. The summed E-state index contributed by atoms with van der Waals surface area (Å²) in [4.78, 5) is 19.4. The van der Waals surface area contributed by atoms with E-state index in [0.717, 1.165) is 24.5 Å². The summed E-state index contributed by atoms with van der Waals surface area (Å²) in [5.41, 5.74) is 1.88. The topological polar surface area (TPSA) is 44.8 Å². The van der Waals surface area contributed by atoms with Crippen molar-refractivity contribution in [1.29, 1.82) is 0 Å². The van der Waals surface area contributed by atoms with Gasteiger partial charge in [0.05, 0.1) is 29.6 Å². The molecule has 2 aromatic rings. The molecule has 3 rings (SSSR count). The number of carbonyl (C=O) groups excluding carboxylic acids is 1. The van der Waals surface area contributed by atoms with E-state index in [4.69, 9.17) is 4.74 Å². The molecule has 5 nitrogen and oxygen atoms in total. The maximum Gasteiger partial charge on any atom is 0.322 e. The number of thiophene rings is 1. The third-order valence-corrected chi connectivity index (χ3v) is 6.15. The SMILES string of the molecule is Cc1ccc([C@H](C)N(C)C(=O)Nc2ccccc2N2C[C@H](C)O[C@@H](C)C2)s1. The van der Waals surface area contributed by atoms with Crippen LogP contribution in [0.25, 0.3) is 0 Å². The lowest BCUT2D eigenvalue weighted by Gasteiger charge is -2.37. The number of hydrogen-bond acceptors (Lipinski definition) is 4. The van der Waals surface area contributed by atoms with Gasteiger partial charge in [0.25, 0.3) is 0 Å². The molecule has 1 saturated heterocycles. The molecule has 1 N–H and O–H groups in total. The quantitative estimate of drug-likeness (QED) is 0.812. The molecule has 1 aliphatic rings. The highest BCUT2D eigenvalue weighted by Crippen LogP contribution is 2.30. The number of rotatable bonds is 4. The van der Waals surface area contributed by atoms with Gasteiger partial charge in [-0.05, 0) is 52.0 Å². The predicted molar refractivity (Wildman–Crippen MR) is 113 cm³/mol. The molecule has 0 aliphatic carbocycles. The van der Waals surface area contributed by atoms with Gasteiger partial charge in [-0.1, -0.05) is 12.1 Å². The number of anilines is 2. The number of urea groups is 1. The highest BCUT2D eigenvalue weighted by atomic mass is 32.1. The van der Waals surface area contributed by atoms with E-state index in [1.165, 1.54) is 9.75 Å². The van der Waals surface area contributed by atoms with E-state index in [1.54, 1.807) is 16.2 Å². The molecular formula is C21H29N3O2S. The van der Waals surface area contributed by atoms with E-state index < -0.39 is 0 Å². The zero-order valence-corrected chi connectivity index (χ0v) is 17.5. The molecule has 1 aromatic heterocycles. The molecular weight excluding hydrogens is 358 g/mol. The number of hydrogen-bond donors (Lipinski definition) is 1. The van der Waals surface area contributed by atoms with Gasteiger partial charge in [0.1, 0.15) is 0 Å². The van der Waals surface area contributed by atoms with Crippen LogP contribution in [0.5, 0.6) is 0 Å². The number of nitrogens with one attached hydrogen (secondary N) is 1. The Morgan fingerprint density at radius 2 is 1.89 bits per heavy atom. The highest BCUT2D eigenvalue weighted by Gasteiger charge is 2.25. The third-order valence-electron chi connectivity index (χ3n) is 4.98. The molecule has 1 aliphatic heterocycles. The van der Waals surface area contributed by atoms with Gasteiger partial charge in [0.15, 0.2) is 0 Å². The van der Waals surface area contributed by atoms with Gasteiger partial charge < -0.3 is 19.9 Å². The number of benzene rings is 1. The molecule has 1 aromatic carbocycles. The van der Waals surface area contributed by atoms with Crippen molar-refractivity contribution in [2.45, 2.75) is 45.9 Å². The lowest BCUT2D eigenvalue weighted by molar-refractivity contribution is -0.00517. The summed E-state index contributed by atoms with van der Waals surface area (Å²) < 4.78 is 5.84. The molecule has 27 heavy (non-hydrogen) atoms. The van der Waals surface area contributed by atoms with Crippen LogP contribution in [0.15, 0.2) is 36.4 Å². The number of para-hydroxylation sites is 2. The molecule has 0 spiro atoms. The second-order valence-corrected chi connectivity index (χ2v) is 8.66. The van der Waals surface area contributed by atoms with Gasteiger partial charge in [0.2, 0.25) is 0 Å². The zero-order valence-electron chi connectivity index (χ0n) is 16.7. The van der Waals surface area contributed by atoms with Crippen LogP contribution in [-0.4, -0.2) is 43.3 Å². The Morgan fingerprint density at radius 1 is 1.22 bits per heavy atom. The lowest BCUT2D eigenvalue weighted by Crippen LogP contribution is -2.46. The minimum absolute atomic E-state index is 0.0271. The first-order valence-corrected chi connectivity index (χ1v) is 10.3. The standard InChI is InChI=1S/C21H29N3O2S/c1-14-12-24(13-15(2)26-14)19-9-7-6-8-18(19)22-21(25)23(5)17(4)20-11-10-16(3)27-20/h6-11,14-15,17H,12-13H2,1-5H3,(H,22,25)/t14-,15-,17-/m0/s1. The monoisotopic (exact) mass is 387 g/mol. The number of aryl methyl sites for hydroxylation is 1. The molecule has 2 amide bonds. The second kappa shape index (κ2) is 8.31. The maximum atomic E-state index is 12.9. The number of amides is 2. The summed E-state index contributed by atoms with van der Waals surface area (Å²) in [5, 5.41) is 3.10. The van der Waals surface area contributed by atoms with Crippen molar-refractivity contribution in [3.8, 4) is 0 Å². The first-order chi connectivity index (χ1) is 12.8. The number of morpholine rings is 1. The summed E-state index contributed by atoms with van der Waals surface area (Å²) in [7, 11) is 1.84. The summed E-state index contributed by atoms with van der Waals surface area (Å²) in [6, 6.07) is 12.1.